The lowest BCUT2D eigenvalue weighted by Gasteiger charge is -2.34. The number of aromatic nitrogens is 1. The number of rotatable bonds is 4. The van der Waals surface area contributed by atoms with E-state index in [1.54, 1.807) is 6.20 Å². The van der Waals surface area contributed by atoms with Gasteiger partial charge in [-0.25, -0.2) is 0 Å². The van der Waals surface area contributed by atoms with Gasteiger partial charge in [-0.1, -0.05) is 25.1 Å². The van der Waals surface area contributed by atoms with Gasteiger partial charge < -0.3 is 0 Å². The first kappa shape index (κ1) is 13.7. The van der Waals surface area contributed by atoms with Gasteiger partial charge in [0.2, 0.25) is 0 Å². The van der Waals surface area contributed by atoms with Crippen LogP contribution in [-0.2, 0) is 0 Å². The first-order valence-corrected chi connectivity index (χ1v) is 6.56. The van der Waals surface area contributed by atoms with Crippen molar-refractivity contribution in [3.63, 3.8) is 0 Å². The molecule has 0 radical (unpaired) electrons. The fourth-order valence-electron chi connectivity index (χ4n) is 2.27. The summed E-state index contributed by atoms with van der Waals surface area (Å²) in [5, 5.41) is 0.927. The molecule has 2 aromatic rings. The summed E-state index contributed by atoms with van der Waals surface area (Å²) in [6.07, 6.45) is 2.52. The van der Waals surface area contributed by atoms with E-state index in [0.717, 1.165) is 22.9 Å². The van der Waals surface area contributed by atoms with Gasteiger partial charge in [-0.05, 0) is 39.6 Å². The highest BCUT2D eigenvalue weighted by atomic mass is 16.1. The Morgan fingerprint density at radius 3 is 2.63 bits per heavy atom. The van der Waals surface area contributed by atoms with Crippen molar-refractivity contribution < 1.29 is 4.79 Å². The van der Waals surface area contributed by atoms with Crippen LogP contribution in [0.25, 0.3) is 10.9 Å². The molecule has 1 heterocycles. The number of carbonyl (C=O) groups is 1. The molecule has 0 spiro atoms. The minimum Gasteiger partial charge on any atom is -0.297 e. The minimum atomic E-state index is -0.482. The first-order chi connectivity index (χ1) is 9.00. The van der Waals surface area contributed by atoms with Crippen molar-refractivity contribution in [2.75, 3.05) is 14.1 Å². The summed E-state index contributed by atoms with van der Waals surface area (Å²) in [7, 11) is 3.90. The Balaban J connectivity index is 2.59. The lowest BCUT2D eigenvalue weighted by molar-refractivity contribution is 0.0712. The van der Waals surface area contributed by atoms with Crippen molar-refractivity contribution in [2.45, 2.75) is 25.8 Å². The highest BCUT2D eigenvalue weighted by molar-refractivity contribution is 6.11. The van der Waals surface area contributed by atoms with Crippen LogP contribution in [0.5, 0.6) is 0 Å². The number of hydrogen-bond acceptors (Lipinski definition) is 3. The van der Waals surface area contributed by atoms with E-state index in [4.69, 9.17) is 0 Å². The van der Waals surface area contributed by atoms with Crippen LogP contribution in [0.3, 0.4) is 0 Å². The highest BCUT2D eigenvalue weighted by Crippen LogP contribution is 2.26. The Hall–Kier alpha value is -1.74. The average molecular weight is 256 g/mol. The summed E-state index contributed by atoms with van der Waals surface area (Å²) in [5.41, 5.74) is 1.14. The SMILES string of the molecule is CCC(C)(C(=O)c1cccc2ncccc12)N(C)C. The van der Waals surface area contributed by atoms with E-state index in [0.29, 0.717) is 0 Å². The Morgan fingerprint density at radius 1 is 1.26 bits per heavy atom. The van der Waals surface area contributed by atoms with Crippen LogP contribution in [0.2, 0.25) is 0 Å². The van der Waals surface area contributed by atoms with Crippen LogP contribution in [0.1, 0.15) is 30.6 Å². The lowest BCUT2D eigenvalue weighted by Crippen LogP contribution is -2.48. The fraction of sp³-hybridized carbons (Fsp3) is 0.375. The third kappa shape index (κ3) is 2.26. The van der Waals surface area contributed by atoms with E-state index >= 15 is 0 Å². The Kier molecular flexibility index (Phi) is 3.67. The number of fused-ring (bicyclic) bond motifs is 1. The molecule has 0 fully saturated rings. The monoisotopic (exact) mass is 256 g/mol. The van der Waals surface area contributed by atoms with Crippen molar-refractivity contribution in [1.82, 2.24) is 9.88 Å². The lowest BCUT2D eigenvalue weighted by atomic mass is 9.86. The number of likely N-dealkylation sites (N-methyl/N-ethyl adjacent to an activating group) is 1. The van der Waals surface area contributed by atoms with Crippen molar-refractivity contribution >= 4 is 16.7 Å². The molecular formula is C16H20N2O. The molecule has 0 bridgehead atoms. The zero-order valence-corrected chi connectivity index (χ0v) is 12.0. The third-order valence-electron chi connectivity index (χ3n) is 4.05. The second kappa shape index (κ2) is 5.10. The topological polar surface area (TPSA) is 33.2 Å². The molecule has 3 nitrogen and oxygen atoms in total. The van der Waals surface area contributed by atoms with Gasteiger partial charge in [-0.3, -0.25) is 14.7 Å². The van der Waals surface area contributed by atoms with Crippen molar-refractivity contribution in [1.29, 1.82) is 0 Å². The number of ketones is 1. The summed E-state index contributed by atoms with van der Waals surface area (Å²) < 4.78 is 0. The second-order valence-corrected chi connectivity index (χ2v) is 5.23. The van der Waals surface area contributed by atoms with Crippen LogP contribution in [0.4, 0.5) is 0 Å². The Morgan fingerprint density at radius 2 is 2.00 bits per heavy atom. The Labute approximate surface area is 114 Å². The summed E-state index contributed by atoms with van der Waals surface area (Å²) in [6, 6.07) is 9.56. The van der Waals surface area contributed by atoms with Crippen molar-refractivity contribution in [3.8, 4) is 0 Å². The summed E-state index contributed by atoms with van der Waals surface area (Å²) in [5.74, 6) is 0.151. The predicted octanol–water partition coefficient (Wildman–Crippen LogP) is 3.15. The number of benzene rings is 1. The standard InChI is InChI=1S/C16H20N2O/c1-5-16(2,18(3)4)15(19)13-8-6-10-14-12(13)9-7-11-17-14/h6-11H,5H2,1-4H3. The van der Waals surface area contributed by atoms with Crippen LogP contribution in [-0.4, -0.2) is 35.3 Å². The molecule has 0 amide bonds. The van der Waals surface area contributed by atoms with Gasteiger partial charge >= 0.3 is 0 Å². The maximum Gasteiger partial charge on any atom is 0.183 e. The van der Waals surface area contributed by atoms with E-state index in [1.165, 1.54) is 0 Å². The van der Waals surface area contributed by atoms with E-state index in [1.807, 2.05) is 63.2 Å². The predicted molar refractivity (Wildman–Crippen MR) is 78.5 cm³/mol. The summed E-state index contributed by atoms with van der Waals surface area (Å²) in [6.45, 7) is 4.03. The molecular weight excluding hydrogens is 236 g/mol. The van der Waals surface area contributed by atoms with Gasteiger partial charge in [0.05, 0.1) is 11.1 Å². The number of nitrogens with zero attached hydrogens (tertiary/aromatic N) is 2. The van der Waals surface area contributed by atoms with Gasteiger partial charge in [0.1, 0.15) is 0 Å². The fourth-order valence-corrected chi connectivity index (χ4v) is 2.27. The minimum absolute atomic E-state index is 0.151. The summed E-state index contributed by atoms with van der Waals surface area (Å²) >= 11 is 0. The van der Waals surface area contributed by atoms with E-state index < -0.39 is 5.54 Å². The molecule has 0 N–H and O–H groups in total. The van der Waals surface area contributed by atoms with Crippen molar-refractivity contribution in [3.05, 3.63) is 42.1 Å². The molecule has 0 aliphatic rings. The molecule has 0 saturated carbocycles. The van der Waals surface area contributed by atoms with Gasteiger partial charge in [0.15, 0.2) is 5.78 Å². The maximum absolute atomic E-state index is 12.9. The number of carbonyl (C=O) groups excluding carboxylic acids is 1. The zero-order valence-electron chi connectivity index (χ0n) is 12.0. The molecule has 2 rings (SSSR count). The highest BCUT2D eigenvalue weighted by Gasteiger charge is 2.34. The van der Waals surface area contributed by atoms with Gasteiger partial charge in [-0.15, -0.1) is 0 Å². The smallest absolute Gasteiger partial charge is 0.183 e. The molecule has 0 saturated heterocycles. The largest absolute Gasteiger partial charge is 0.297 e. The van der Waals surface area contributed by atoms with Crippen LogP contribution < -0.4 is 0 Å². The quantitative estimate of drug-likeness (QED) is 0.788. The second-order valence-electron chi connectivity index (χ2n) is 5.23. The normalized spacial score (nSPS) is 14.6. The molecule has 1 unspecified atom stereocenters. The van der Waals surface area contributed by atoms with Gasteiger partial charge in [0, 0.05) is 17.1 Å². The molecule has 1 atom stereocenters. The average Bonchev–Trinajstić information content (AvgIpc) is 2.44. The van der Waals surface area contributed by atoms with Crippen molar-refractivity contribution in [2.24, 2.45) is 0 Å². The molecule has 100 valence electrons. The third-order valence-corrected chi connectivity index (χ3v) is 4.05. The van der Waals surface area contributed by atoms with E-state index in [9.17, 15) is 4.79 Å². The van der Waals surface area contributed by atoms with Crippen LogP contribution in [0, 0.1) is 0 Å². The maximum atomic E-state index is 12.9. The van der Waals surface area contributed by atoms with Gasteiger partial charge in [-0.2, -0.15) is 0 Å². The summed E-state index contributed by atoms with van der Waals surface area (Å²) in [4.78, 5) is 19.2. The molecule has 1 aromatic carbocycles. The van der Waals surface area contributed by atoms with E-state index in [-0.39, 0.29) is 5.78 Å². The molecule has 3 heteroatoms. The number of pyridine rings is 1. The zero-order chi connectivity index (χ0) is 14.0. The van der Waals surface area contributed by atoms with Crippen LogP contribution >= 0.6 is 0 Å². The molecule has 0 aliphatic heterocycles. The molecule has 19 heavy (non-hydrogen) atoms. The first-order valence-electron chi connectivity index (χ1n) is 6.56. The Bertz CT molecular complexity index is 601. The molecule has 1 aromatic heterocycles. The number of hydrogen-bond donors (Lipinski definition) is 0. The number of Topliss-reactive ketones (excluding diaryl/α,β-unsaturated/α-hetero) is 1. The van der Waals surface area contributed by atoms with E-state index in [2.05, 4.69) is 4.98 Å². The van der Waals surface area contributed by atoms with Gasteiger partial charge in [0.25, 0.3) is 0 Å². The molecule has 0 aliphatic carbocycles. The van der Waals surface area contributed by atoms with Crippen LogP contribution in [0.15, 0.2) is 36.5 Å².